The monoisotopic (exact) mass is 265 g/mol. The summed E-state index contributed by atoms with van der Waals surface area (Å²) in [4.78, 5) is 0. The van der Waals surface area contributed by atoms with Gasteiger partial charge in [-0.25, -0.2) is 0 Å². The molecule has 0 heterocycles. The van der Waals surface area contributed by atoms with Gasteiger partial charge in [-0.3, -0.25) is 0 Å². The molecule has 112 valence electrons. The third-order valence-electron chi connectivity index (χ3n) is 5.62. The fraction of sp³-hybridized carbons (Fsp3) is 1.00. The first-order chi connectivity index (χ1) is 9.24. The van der Waals surface area contributed by atoms with Crippen LogP contribution in [0.1, 0.15) is 78.1 Å². The van der Waals surface area contributed by atoms with E-state index in [1.165, 1.54) is 77.3 Å². The van der Waals surface area contributed by atoms with Crippen LogP contribution in [0.2, 0.25) is 0 Å². The Hall–Kier alpha value is -0.0400. The van der Waals surface area contributed by atoms with Crippen LogP contribution < -0.4 is 5.32 Å². The van der Waals surface area contributed by atoms with Gasteiger partial charge in [0.2, 0.25) is 0 Å². The summed E-state index contributed by atoms with van der Waals surface area (Å²) in [6, 6.07) is 0. The lowest BCUT2D eigenvalue weighted by atomic mass is 9.97. The van der Waals surface area contributed by atoms with Crippen LogP contribution in [0.25, 0.3) is 0 Å². The zero-order valence-electron chi connectivity index (χ0n) is 13.3. The molecular weight excluding hydrogens is 230 g/mol. The summed E-state index contributed by atoms with van der Waals surface area (Å²) in [6.45, 7) is 7.45. The first-order valence-corrected chi connectivity index (χ1v) is 8.94. The summed E-state index contributed by atoms with van der Waals surface area (Å²) in [5, 5.41) is 3.81. The molecule has 0 bridgehead atoms. The molecule has 1 heteroatoms. The third kappa shape index (κ3) is 5.85. The van der Waals surface area contributed by atoms with Crippen LogP contribution in [0.3, 0.4) is 0 Å². The second-order valence-electron chi connectivity index (χ2n) is 7.62. The van der Waals surface area contributed by atoms with E-state index in [0.717, 1.165) is 23.7 Å². The maximum atomic E-state index is 3.81. The molecule has 0 amide bonds. The van der Waals surface area contributed by atoms with Crippen molar-refractivity contribution in [2.75, 3.05) is 13.1 Å². The normalized spacial score (nSPS) is 37.6. The van der Waals surface area contributed by atoms with Gasteiger partial charge < -0.3 is 5.32 Å². The van der Waals surface area contributed by atoms with E-state index in [1.54, 1.807) is 0 Å². The Morgan fingerprint density at radius 3 is 1.58 bits per heavy atom. The summed E-state index contributed by atoms with van der Waals surface area (Å²) < 4.78 is 0. The van der Waals surface area contributed by atoms with Crippen molar-refractivity contribution in [2.45, 2.75) is 78.1 Å². The van der Waals surface area contributed by atoms with Crippen molar-refractivity contribution in [1.82, 2.24) is 5.32 Å². The Balaban J connectivity index is 1.60. The van der Waals surface area contributed by atoms with Gasteiger partial charge in [-0.1, -0.05) is 52.4 Å². The van der Waals surface area contributed by atoms with Gasteiger partial charge in [0.1, 0.15) is 0 Å². The SMILES string of the molecule is CC1CCCC(CNCC2CCCC(C)CC2)CC1. The van der Waals surface area contributed by atoms with Crippen LogP contribution in [0.5, 0.6) is 0 Å². The predicted molar refractivity (Wildman–Crippen MR) is 84.3 cm³/mol. The van der Waals surface area contributed by atoms with Crippen molar-refractivity contribution in [2.24, 2.45) is 23.7 Å². The van der Waals surface area contributed by atoms with Crippen molar-refractivity contribution in [1.29, 1.82) is 0 Å². The number of rotatable bonds is 4. The van der Waals surface area contributed by atoms with Gasteiger partial charge in [-0.15, -0.1) is 0 Å². The van der Waals surface area contributed by atoms with E-state index in [-0.39, 0.29) is 0 Å². The molecule has 4 atom stereocenters. The Morgan fingerprint density at radius 1 is 0.632 bits per heavy atom. The van der Waals surface area contributed by atoms with Crippen molar-refractivity contribution < 1.29 is 0 Å². The summed E-state index contributed by atoms with van der Waals surface area (Å²) in [5.74, 6) is 3.89. The average Bonchev–Trinajstić information content (AvgIpc) is 2.71. The maximum Gasteiger partial charge on any atom is -0.00204 e. The minimum Gasteiger partial charge on any atom is -0.316 e. The second kappa shape index (κ2) is 8.29. The smallest absolute Gasteiger partial charge is 0.00204 e. The highest BCUT2D eigenvalue weighted by atomic mass is 14.9. The standard InChI is InChI=1S/C18H35N/c1-15-5-3-7-17(11-9-15)13-19-14-18-8-4-6-16(2)10-12-18/h15-19H,3-14H2,1-2H3. The summed E-state index contributed by atoms with van der Waals surface area (Å²) >= 11 is 0. The van der Waals surface area contributed by atoms with E-state index in [4.69, 9.17) is 0 Å². The Labute approximate surface area is 120 Å². The molecule has 0 aliphatic heterocycles. The molecule has 1 N–H and O–H groups in total. The minimum atomic E-state index is 0.967. The lowest BCUT2D eigenvalue weighted by molar-refractivity contribution is 0.370. The highest BCUT2D eigenvalue weighted by Crippen LogP contribution is 2.28. The Kier molecular flexibility index (Phi) is 6.70. The molecule has 2 saturated carbocycles. The molecule has 0 aromatic heterocycles. The van der Waals surface area contributed by atoms with Crippen LogP contribution in [-0.4, -0.2) is 13.1 Å². The van der Waals surface area contributed by atoms with Gasteiger partial charge >= 0.3 is 0 Å². The molecule has 2 fully saturated rings. The molecule has 0 saturated heterocycles. The average molecular weight is 265 g/mol. The lowest BCUT2D eigenvalue weighted by Crippen LogP contribution is -2.28. The first kappa shape index (κ1) is 15.4. The van der Waals surface area contributed by atoms with Gasteiger partial charge in [-0.05, 0) is 62.4 Å². The van der Waals surface area contributed by atoms with Gasteiger partial charge in [0.25, 0.3) is 0 Å². The van der Waals surface area contributed by atoms with E-state index >= 15 is 0 Å². The molecule has 2 aliphatic carbocycles. The fourth-order valence-corrected chi connectivity index (χ4v) is 4.03. The Morgan fingerprint density at radius 2 is 1.11 bits per heavy atom. The van der Waals surface area contributed by atoms with E-state index in [1.807, 2.05) is 0 Å². The van der Waals surface area contributed by atoms with Crippen LogP contribution >= 0.6 is 0 Å². The van der Waals surface area contributed by atoms with Crippen LogP contribution in [0, 0.1) is 23.7 Å². The fourth-order valence-electron chi connectivity index (χ4n) is 4.03. The summed E-state index contributed by atoms with van der Waals surface area (Å²) in [7, 11) is 0. The summed E-state index contributed by atoms with van der Waals surface area (Å²) in [5.41, 5.74) is 0. The quantitative estimate of drug-likeness (QED) is 0.705. The minimum absolute atomic E-state index is 0.967. The summed E-state index contributed by atoms with van der Waals surface area (Å²) in [6.07, 6.45) is 14.7. The number of hydrogen-bond acceptors (Lipinski definition) is 1. The largest absolute Gasteiger partial charge is 0.316 e. The molecule has 0 aromatic carbocycles. The molecule has 4 unspecified atom stereocenters. The molecule has 2 aliphatic rings. The molecule has 0 radical (unpaired) electrons. The van der Waals surface area contributed by atoms with Crippen LogP contribution in [-0.2, 0) is 0 Å². The van der Waals surface area contributed by atoms with E-state index in [0.29, 0.717) is 0 Å². The highest BCUT2D eigenvalue weighted by Gasteiger charge is 2.18. The maximum absolute atomic E-state index is 3.81. The first-order valence-electron chi connectivity index (χ1n) is 8.94. The van der Waals surface area contributed by atoms with Gasteiger partial charge in [0, 0.05) is 0 Å². The van der Waals surface area contributed by atoms with E-state index < -0.39 is 0 Å². The van der Waals surface area contributed by atoms with Crippen molar-refractivity contribution >= 4 is 0 Å². The third-order valence-corrected chi connectivity index (χ3v) is 5.62. The second-order valence-corrected chi connectivity index (χ2v) is 7.62. The van der Waals surface area contributed by atoms with Gasteiger partial charge in [-0.2, -0.15) is 0 Å². The van der Waals surface area contributed by atoms with Crippen molar-refractivity contribution in [3.63, 3.8) is 0 Å². The van der Waals surface area contributed by atoms with E-state index in [2.05, 4.69) is 19.2 Å². The van der Waals surface area contributed by atoms with E-state index in [9.17, 15) is 0 Å². The molecule has 19 heavy (non-hydrogen) atoms. The molecule has 0 spiro atoms. The topological polar surface area (TPSA) is 12.0 Å². The Bertz CT molecular complexity index is 214. The molecule has 1 nitrogen and oxygen atoms in total. The lowest BCUT2D eigenvalue weighted by Gasteiger charge is -2.19. The van der Waals surface area contributed by atoms with Crippen LogP contribution in [0.4, 0.5) is 0 Å². The highest BCUT2D eigenvalue weighted by molar-refractivity contribution is 4.73. The van der Waals surface area contributed by atoms with Crippen molar-refractivity contribution in [3.05, 3.63) is 0 Å². The van der Waals surface area contributed by atoms with Gasteiger partial charge in [0.05, 0.1) is 0 Å². The molecule has 0 aromatic rings. The predicted octanol–water partition coefficient (Wildman–Crippen LogP) is 5.01. The molecule has 2 rings (SSSR count). The van der Waals surface area contributed by atoms with Gasteiger partial charge in [0.15, 0.2) is 0 Å². The van der Waals surface area contributed by atoms with Crippen LogP contribution in [0.15, 0.2) is 0 Å². The number of hydrogen-bond donors (Lipinski definition) is 1. The molecular formula is C18H35N. The number of nitrogens with one attached hydrogen (secondary N) is 1. The van der Waals surface area contributed by atoms with Crippen molar-refractivity contribution in [3.8, 4) is 0 Å². The zero-order valence-corrected chi connectivity index (χ0v) is 13.3. The zero-order chi connectivity index (χ0) is 13.5.